The summed E-state index contributed by atoms with van der Waals surface area (Å²) in [5, 5.41) is 0. The third-order valence-electron chi connectivity index (χ3n) is 3.63. The SMILES string of the molecule is CCOc1cc(C=CC(=O)N2CC(C)OC(C)C2)ccc1OC(F)F. The molecule has 138 valence electrons. The van der Waals surface area contributed by atoms with Crippen LogP contribution in [0.5, 0.6) is 11.5 Å². The van der Waals surface area contributed by atoms with Gasteiger partial charge in [0, 0.05) is 19.2 Å². The maximum Gasteiger partial charge on any atom is 0.387 e. The number of amides is 1. The molecule has 0 N–H and O–H groups in total. The number of ether oxygens (including phenoxy) is 3. The molecule has 0 radical (unpaired) electrons. The number of morpholine rings is 1. The lowest BCUT2D eigenvalue weighted by atomic mass is 10.1. The van der Waals surface area contributed by atoms with Crippen LogP contribution in [-0.4, -0.2) is 49.3 Å². The van der Waals surface area contributed by atoms with Gasteiger partial charge in [-0.3, -0.25) is 4.79 Å². The molecule has 1 aromatic carbocycles. The highest BCUT2D eigenvalue weighted by Gasteiger charge is 2.24. The molecule has 5 nitrogen and oxygen atoms in total. The largest absolute Gasteiger partial charge is 0.490 e. The molecule has 0 bridgehead atoms. The number of rotatable bonds is 6. The molecule has 0 aliphatic carbocycles. The number of hydrogen-bond donors (Lipinski definition) is 0. The number of alkyl halides is 2. The average molecular weight is 355 g/mol. The quantitative estimate of drug-likeness (QED) is 0.735. The minimum absolute atomic E-state index is 0.00330. The van der Waals surface area contributed by atoms with E-state index in [2.05, 4.69) is 4.74 Å². The average Bonchev–Trinajstić information content (AvgIpc) is 2.53. The van der Waals surface area contributed by atoms with Crippen molar-refractivity contribution in [2.75, 3.05) is 19.7 Å². The van der Waals surface area contributed by atoms with Gasteiger partial charge in [-0.25, -0.2) is 0 Å². The van der Waals surface area contributed by atoms with Crippen molar-refractivity contribution < 1.29 is 27.8 Å². The predicted molar refractivity (Wildman–Crippen MR) is 89.9 cm³/mol. The van der Waals surface area contributed by atoms with Crippen LogP contribution >= 0.6 is 0 Å². The van der Waals surface area contributed by atoms with Gasteiger partial charge in [-0.05, 0) is 44.5 Å². The van der Waals surface area contributed by atoms with Crippen LogP contribution in [0.2, 0.25) is 0 Å². The number of hydrogen-bond acceptors (Lipinski definition) is 4. The van der Waals surface area contributed by atoms with Gasteiger partial charge in [0.15, 0.2) is 11.5 Å². The molecule has 0 aromatic heterocycles. The Bertz CT molecular complexity index is 611. The van der Waals surface area contributed by atoms with Gasteiger partial charge >= 0.3 is 6.61 Å². The van der Waals surface area contributed by atoms with Gasteiger partial charge in [-0.2, -0.15) is 8.78 Å². The maximum atomic E-state index is 12.4. The van der Waals surface area contributed by atoms with Gasteiger partial charge < -0.3 is 19.1 Å². The Hall–Kier alpha value is -2.15. The Morgan fingerprint density at radius 2 is 2.00 bits per heavy atom. The molecule has 1 heterocycles. The first-order chi connectivity index (χ1) is 11.9. The first-order valence-electron chi connectivity index (χ1n) is 8.23. The van der Waals surface area contributed by atoms with Gasteiger partial charge in [0.1, 0.15) is 0 Å². The highest BCUT2D eigenvalue weighted by molar-refractivity contribution is 5.92. The van der Waals surface area contributed by atoms with E-state index in [-0.39, 0.29) is 29.6 Å². The van der Waals surface area contributed by atoms with Gasteiger partial charge in [-0.1, -0.05) is 6.07 Å². The van der Waals surface area contributed by atoms with Gasteiger partial charge in [-0.15, -0.1) is 0 Å². The van der Waals surface area contributed by atoms with E-state index in [1.807, 2.05) is 13.8 Å². The summed E-state index contributed by atoms with van der Waals surface area (Å²) in [6, 6.07) is 4.56. The second-order valence-electron chi connectivity index (χ2n) is 5.85. The lowest BCUT2D eigenvalue weighted by molar-refractivity contribution is -0.137. The second kappa shape index (κ2) is 8.80. The van der Waals surface area contributed by atoms with E-state index in [0.717, 1.165) is 0 Å². The lowest BCUT2D eigenvalue weighted by Crippen LogP contribution is -2.47. The van der Waals surface area contributed by atoms with Crippen molar-refractivity contribution in [3.05, 3.63) is 29.8 Å². The molecule has 25 heavy (non-hydrogen) atoms. The summed E-state index contributed by atoms with van der Waals surface area (Å²) in [6.45, 7) is 4.07. The Morgan fingerprint density at radius 1 is 1.32 bits per heavy atom. The standard InChI is InChI=1S/C18H23F2NO4/c1-4-23-16-9-14(5-7-15(16)25-18(19)20)6-8-17(22)21-10-12(2)24-13(3)11-21/h5-9,12-13,18H,4,10-11H2,1-3H3. The summed E-state index contributed by atoms with van der Waals surface area (Å²) in [5.41, 5.74) is 0.660. The molecular weight excluding hydrogens is 332 g/mol. The topological polar surface area (TPSA) is 48.0 Å². The summed E-state index contributed by atoms with van der Waals surface area (Å²) in [4.78, 5) is 14.0. The molecule has 1 saturated heterocycles. The third-order valence-corrected chi connectivity index (χ3v) is 3.63. The van der Waals surface area contributed by atoms with Crippen molar-refractivity contribution in [2.24, 2.45) is 0 Å². The first-order valence-corrected chi connectivity index (χ1v) is 8.23. The second-order valence-corrected chi connectivity index (χ2v) is 5.85. The Balaban J connectivity index is 2.09. The molecule has 7 heteroatoms. The molecule has 0 saturated carbocycles. The van der Waals surface area contributed by atoms with Crippen molar-refractivity contribution in [1.82, 2.24) is 4.90 Å². The van der Waals surface area contributed by atoms with Crippen molar-refractivity contribution in [3.63, 3.8) is 0 Å². The molecule has 2 unspecified atom stereocenters. The van der Waals surface area contributed by atoms with Crippen molar-refractivity contribution in [2.45, 2.75) is 39.6 Å². The summed E-state index contributed by atoms with van der Waals surface area (Å²) in [6.07, 6.45) is 3.08. The predicted octanol–water partition coefficient (Wildman–Crippen LogP) is 3.34. The van der Waals surface area contributed by atoms with Crippen LogP contribution < -0.4 is 9.47 Å². The van der Waals surface area contributed by atoms with E-state index in [4.69, 9.17) is 9.47 Å². The van der Waals surface area contributed by atoms with E-state index < -0.39 is 6.61 Å². The van der Waals surface area contributed by atoms with E-state index in [1.54, 1.807) is 30.0 Å². The van der Waals surface area contributed by atoms with Crippen LogP contribution in [0, 0.1) is 0 Å². The Labute approximate surface area is 146 Å². The molecule has 0 spiro atoms. The Morgan fingerprint density at radius 3 is 2.60 bits per heavy atom. The zero-order chi connectivity index (χ0) is 18.4. The number of nitrogens with zero attached hydrogens (tertiary/aromatic N) is 1. The van der Waals surface area contributed by atoms with Crippen molar-refractivity contribution >= 4 is 12.0 Å². The van der Waals surface area contributed by atoms with Crippen LogP contribution in [-0.2, 0) is 9.53 Å². The highest BCUT2D eigenvalue weighted by Crippen LogP contribution is 2.30. The zero-order valence-electron chi connectivity index (χ0n) is 14.6. The van der Waals surface area contributed by atoms with E-state index in [1.165, 1.54) is 12.1 Å². The van der Waals surface area contributed by atoms with Crippen molar-refractivity contribution in [1.29, 1.82) is 0 Å². The van der Waals surface area contributed by atoms with Crippen LogP contribution in [0.1, 0.15) is 26.3 Å². The lowest BCUT2D eigenvalue weighted by Gasteiger charge is -2.34. The maximum absolute atomic E-state index is 12.4. The smallest absolute Gasteiger partial charge is 0.387 e. The monoisotopic (exact) mass is 355 g/mol. The number of benzene rings is 1. The minimum atomic E-state index is -2.92. The minimum Gasteiger partial charge on any atom is -0.490 e. The van der Waals surface area contributed by atoms with Crippen LogP contribution in [0.15, 0.2) is 24.3 Å². The molecular formula is C18H23F2NO4. The fourth-order valence-electron chi connectivity index (χ4n) is 2.72. The molecule has 1 aromatic rings. The summed E-state index contributed by atoms with van der Waals surface area (Å²) < 4.78 is 40.2. The van der Waals surface area contributed by atoms with Crippen LogP contribution in [0.25, 0.3) is 6.08 Å². The summed E-state index contributed by atoms with van der Waals surface area (Å²) >= 11 is 0. The van der Waals surface area contributed by atoms with Gasteiger partial charge in [0.25, 0.3) is 0 Å². The molecule has 2 atom stereocenters. The van der Waals surface area contributed by atoms with Crippen LogP contribution in [0.4, 0.5) is 8.78 Å². The first kappa shape index (κ1) is 19.2. The number of carbonyl (C=O) groups is 1. The molecule has 1 fully saturated rings. The zero-order valence-corrected chi connectivity index (χ0v) is 14.6. The number of carbonyl (C=O) groups excluding carboxylic acids is 1. The van der Waals surface area contributed by atoms with E-state index in [9.17, 15) is 13.6 Å². The fraction of sp³-hybridized carbons (Fsp3) is 0.500. The molecule has 1 aliphatic rings. The molecule has 2 rings (SSSR count). The van der Waals surface area contributed by atoms with E-state index >= 15 is 0 Å². The van der Waals surface area contributed by atoms with Gasteiger partial charge in [0.05, 0.1) is 18.8 Å². The van der Waals surface area contributed by atoms with E-state index in [0.29, 0.717) is 25.3 Å². The van der Waals surface area contributed by atoms with Gasteiger partial charge in [0.2, 0.25) is 5.91 Å². The highest BCUT2D eigenvalue weighted by atomic mass is 19.3. The molecule has 1 aliphatic heterocycles. The fourth-order valence-corrected chi connectivity index (χ4v) is 2.72. The van der Waals surface area contributed by atoms with Crippen molar-refractivity contribution in [3.8, 4) is 11.5 Å². The summed E-state index contributed by atoms with van der Waals surface area (Å²) in [5.74, 6) is 0.0649. The normalized spacial score (nSPS) is 21.0. The van der Waals surface area contributed by atoms with Crippen LogP contribution in [0.3, 0.4) is 0 Å². The summed E-state index contributed by atoms with van der Waals surface area (Å²) in [7, 11) is 0. The Kier molecular flexibility index (Phi) is 6.75. The number of halogens is 2. The third kappa shape index (κ3) is 5.70. The molecule has 1 amide bonds.